The van der Waals surface area contributed by atoms with Crippen LogP contribution in [-0.2, 0) is 14.9 Å². The van der Waals surface area contributed by atoms with Gasteiger partial charge in [0.1, 0.15) is 16.5 Å². The number of ether oxygens (including phenoxy) is 1. The number of carbonyl (C=O) groups excluding carboxylic acids is 1. The summed E-state index contributed by atoms with van der Waals surface area (Å²) in [6, 6.07) is 16.4. The zero-order valence-corrected chi connectivity index (χ0v) is 22.7. The molecule has 0 atom stereocenters. The molecule has 0 aromatic heterocycles. The van der Waals surface area contributed by atoms with Crippen molar-refractivity contribution in [3.05, 3.63) is 85.5 Å². The number of nitrogens with one attached hydrogen (secondary N) is 1. The zero-order chi connectivity index (χ0) is 25.8. The van der Waals surface area contributed by atoms with Gasteiger partial charge in [-0.3, -0.25) is 4.79 Å². The first-order valence-electron chi connectivity index (χ1n) is 10.1. The fourth-order valence-corrected chi connectivity index (χ4v) is 5.16. The minimum atomic E-state index is -4.11. The predicted octanol–water partition coefficient (Wildman–Crippen LogP) is 5.88. The lowest BCUT2D eigenvalue weighted by atomic mass is 10.1. The number of methoxy groups -OCH3 is 1. The van der Waals surface area contributed by atoms with E-state index in [1.807, 2.05) is 35.6 Å². The third-order valence-electron chi connectivity index (χ3n) is 4.89. The molecule has 1 N–H and O–H groups in total. The minimum absolute atomic E-state index is 0.000441. The lowest BCUT2D eigenvalue weighted by molar-refractivity contribution is -0.112. The first-order chi connectivity index (χ1) is 16.6. The highest BCUT2D eigenvalue weighted by atomic mass is 127. The second-order valence-electron chi connectivity index (χ2n) is 7.44. The van der Waals surface area contributed by atoms with E-state index in [0.29, 0.717) is 19.8 Å². The van der Waals surface area contributed by atoms with Crippen LogP contribution in [0.2, 0.25) is 5.02 Å². The van der Waals surface area contributed by atoms with E-state index >= 15 is 0 Å². The third-order valence-corrected chi connectivity index (χ3v) is 7.24. The van der Waals surface area contributed by atoms with Crippen LogP contribution in [0.15, 0.2) is 65.1 Å². The van der Waals surface area contributed by atoms with Gasteiger partial charge < -0.3 is 14.2 Å². The number of carbonyl (C=O) groups is 1. The maximum Gasteiger partial charge on any atom is 0.339 e. The number of amides is 1. The summed E-state index contributed by atoms with van der Waals surface area (Å²) in [4.78, 5) is 12.7. The molecular weight excluding hydrogens is 603 g/mol. The molecule has 180 valence electrons. The Balaban J connectivity index is 1.93. The second-order valence-corrected chi connectivity index (χ2v) is 10.6. The monoisotopic (exact) mass is 622 g/mol. The number of nitriles is 1. The first-order valence-corrected chi connectivity index (χ1v) is 13.0. The summed E-state index contributed by atoms with van der Waals surface area (Å²) in [6.45, 7) is 3.63. The fraction of sp³-hybridized carbons (Fsp3) is 0.120. The van der Waals surface area contributed by atoms with Crippen LogP contribution in [0.25, 0.3) is 6.08 Å². The van der Waals surface area contributed by atoms with Gasteiger partial charge in [-0.25, -0.2) is 0 Å². The van der Waals surface area contributed by atoms with Gasteiger partial charge in [0.15, 0.2) is 11.5 Å². The Kier molecular flexibility index (Phi) is 8.43. The normalized spacial score (nSPS) is 11.5. The predicted molar refractivity (Wildman–Crippen MR) is 143 cm³/mol. The van der Waals surface area contributed by atoms with Crippen LogP contribution < -0.4 is 14.2 Å². The molecule has 7 nitrogen and oxygen atoms in total. The van der Waals surface area contributed by atoms with E-state index < -0.39 is 16.0 Å². The maximum absolute atomic E-state index is 12.8. The van der Waals surface area contributed by atoms with Gasteiger partial charge in [-0.1, -0.05) is 41.4 Å². The number of benzene rings is 3. The molecule has 1 amide bonds. The molecular formula is C25H20ClIN2O5S. The van der Waals surface area contributed by atoms with Gasteiger partial charge in [0.25, 0.3) is 5.91 Å². The maximum atomic E-state index is 12.8. The lowest BCUT2D eigenvalue weighted by Gasteiger charge is -2.14. The average molecular weight is 623 g/mol. The molecule has 35 heavy (non-hydrogen) atoms. The summed E-state index contributed by atoms with van der Waals surface area (Å²) in [5, 5.41) is 12.6. The van der Waals surface area contributed by atoms with Gasteiger partial charge in [0.05, 0.1) is 21.4 Å². The lowest BCUT2D eigenvalue weighted by Crippen LogP contribution is -2.14. The molecule has 0 unspecified atom stereocenters. The molecule has 0 saturated carbocycles. The van der Waals surface area contributed by atoms with Crippen LogP contribution in [0, 0.1) is 28.7 Å². The number of halogens is 2. The van der Waals surface area contributed by atoms with E-state index in [1.54, 1.807) is 43.3 Å². The highest BCUT2D eigenvalue weighted by Crippen LogP contribution is 2.36. The van der Waals surface area contributed by atoms with Gasteiger partial charge in [-0.05, 0) is 84.0 Å². The van der Waals surface area contributed by atoms with Crippen LogP contribution in [-0.4, -0.2) is 21.4 Å². The van der Waals surface area contributed by atoms with E-state index in [-0.39, 0.29) is 22.0 Å². The van der Waals surface area contributed by atoms with Gasteiger partial charge in [-0.15, -0.1) is 0 Å². The van der Waals surface area contributed by atoms with Crippen molar-refractivity contribution in [3.63, 3.8) is 0 Å². The van der Waals surface area contributed by atoms with Crippen molar-refractivity contribution in [1.82, 2.24) is 0 Å². The van der Waals surface area contributed by atoms with E-state index in [9.17, 15) is 18.5 Å². The Morgan fingerprint density at radius 2 is 1.83 bits per heavy atom. The fourth-order valence-electron chi connectivity index (χ4n) is 3.05. The van der Waals surface area contributed by atoms with Crippen LogP contribution in [0.4, 0.5) is 5.69 Å². The van der Waals surface area contributed by atoms with E-state index in [4.69, 9.17) is 20.5 Å². The van der Waals surface area contributed by atoms with Crippen LogP contribution in [0.1, 0.15) is 16.7 Å². The van der Waals surface area contributed by atoms with Crippen molar-refractivity contribution in [1.29, 1.82) is 5.26 Å². The number of hydrogen-bond donors (Lipinski definition) is 1. The molecule has 0 fully saturated rings. The molecule has 3 aromatic carbocycles. The van der Waals surface area contributed by atoms with Crippen molar-refractivity contribution in [2.75, 3.05) is 12.4 Å². The largest absolute Gasteiger partial charge is 0.493 e. The van der Waals surface area contributed by atoms with Gasteiger partial charge in [0.2, 0.25) is 0 Å². The van der Waals surface area contributed by atoms with Crippen molar-refractivity contribution >= 4 is 62.0 Å². The number of aryl methyl sites for hydroxylation is 2. The summed E-state index contributed by atoms with van der Waals surface area (Å²) in [5.41, 5.74) is 2.33. The standard InChI is InChI=1S/C25H20ClIN2O5S/c1-15-7-9-19(10-8-15)35(31,32)34-24-21(27)12-17(13-22(24)33-3)11-18(14-28)25(30)29-23-16(2)5-4-6-20(23)26/h4-13H,1-3H3,(H,29,30)/b18-11+. The molecule has 3 aromatic rings. The van der Waals surface area contributed by atoms with Crippen LogP contribution in [0.5, 0.6) is 11.5 Å². The molecule has 10 heteroatoms. The van der Waals surface area contributed by atoms with Gasteiger partial charge in [0, 0.05) is 0 Å². The van der Waals surface area contributed by atoms with Crippen molar-refractivity contribution in [2.24, 2.45) is 0 Å². The average Bonchev–Trinajstić information content (AvgIpc) is 2.81. The molecule has 0 aliphatic rings. The van der Waals surface area contributed by atoms with Crippen molar-refractivity contribution in [3.8, 4) is 17.6 Å². The molecule has 3 rings (SSSR count). The molecule has 0 spiro atoms. The van der Waals surface area contributed by atoms with E-state index in [2.05, 4.69) is 5.32 Å². The highest BCUT2D eigenvalue weighted by Gasteiger charge is 2.22. The number of anilines is 1. The van der Waals surface area contributed by atoms with E-state index in [1.165, 1.54) is 31.4 Å². The van der Waals surface area contributed by atoms with Crippen LogP contribution >= 0.6 is 34.2 Å². The Morgan fingerprint density at radius 3 is 2.43 bits per heavy atom. The van der Waals surface area contributed by atoms with Crippen molar-refractivity contribution in [2.45, 2.75) is 18.7 Å². The first kappa shape index (κ1) is 26.5. The smallest absolute Gasteiger partial charge is 0.339 e. The molecule has 0 aliphatic carbocycles. The minimum Gasteiger partial charge on any atom is -0.493 e. The molecule has 0 radical (unpaired) electrons. The third kappa shape index (κ3) is 6.33. The summed E-state index contributed by atoms with van der Waals surface area (Å²) < 4.78 is 36.7. The summed E-state index contributed by atoms with van der Waals surface area (Å²) >= 11 is 8.07. The summed E-state index contributed by atoms with van der Waals surface area (Å²) in [7, 11) is -2.75. The SMILES string of the molecule is COc1cc(/C=C(\C#N)C(=O)Nc2c(C)cccc2Cl)cc(I)c1OS(=O)(=O)c1ccc(C)cc1. The van der Waals surface area contributed by atoms with E-state index in [0.717, 1.165) is 11.1 Å². The molecule has 0 aliphatic heterocycles. The van der Waals surface area contributed by atoms with Crippen molar-refractivity contribution < 1.29 is 22.1 Å². The Hall–Kier alpha value is -3.07. The van der Waals surface area contributed by atoms with Crippen LogP contribution in [0.3, 0.4) is 0 Å². The second kappa shape index (κ2) is 11.1. The summed E-state index contributed by atoms with van der Waals surface area (Å²) in [5.74, 6) is -0.515. The Labute approximate surface area is 222 Å². The quantitative estimate of drug-likeness (QED) is 0.153. The number of hydrogen-bond acceptors (Lipinski definition) is 6. The molecule has 0 heterocycles. The van der Waals surface area contributed by atoms with Gasteiger partial charge in [-0.2, -0.15) is 13.7 Å². The Morgan fingerprint density at radius 1 is 1.14 bits per heavy atom. The summed E-state index contributed by atoms with van der Waals surface area (Å²) in [6.07, 6.45) is 1.37. The number of para-hydroxylation sites is 1. The van der Waals surface area contributed by atoms with Gasteiger partial charge >= 0.3 is 10.1 Å². The molecule has 0 bridgehead atoms. The molecule has 0 saturated heterocycles. The number of rotatable bonds is 7. The number of nitrogens with zero attached hydrogens (tertiary/aromatic N) is 1. The zero-order valence-electron chi connectivity index (χ0n) is 18.9. The highest BCUT2D eigenvalue weighted by molar-refractivity contribution is 14.1. The Bertz CT molecular complexity index is 1440. The topological polar surface area (TPSA) is 105 Å².